The van der Waals surface area contributed by atoms with E-state index in [0.717, 1.165) is 90.0 Å². The SMILES string of the molecule is CC1(C)CC(C)(C)CC2(C1)c1cc(C(F)(F)F)ccc1-c1c2c2c(c3ccccc13)OC(c1ccccc1)(c1ccc(-c3nc(-c4ccccc4)cc(-c4ccccc4)n3)cc1)C=C2. The molecule has 3 aliphatic rings. The molecule has 1 fully saturated rings. The highest BCUT2D eigenvalue weighted by Crippen LogP contribution is 2.67. The van der Waals surface area contributed by atoms with Gasteiger partial charge in [-0.05, 0) is 82.0 Å². The summed E-state index contributed by atoms with van der Waals surface area (Å²) in [6.45, 7) is 9.10. The number of nitrogens with zero attached hydrogens (tertiary/aromatic N) is 2. The van der Waals surface area contributed by atoms with Crippen LogP contribution in [0.5, 0.6) is 5.75 Å². The molecule has 1 saturated carbocycles. The first kappa shape index (κ1) is 40.0. The average molecular weight is 845 g/mol. The second-order valence-electron chi connectivity index (χ2n) is 19.5. The van der Waals surface area contributed by atoms with Crippen molar-refractivity contribution < 1.29 is 17.9 Å². The molecule has 7 aromatic carbocycles. The molecule has 0 N–H and O–H groups in total. The van der Waals surface area contributed by atoms with Gasteiger partial charge in [0.1, 0.15) is 5.75 Å². The van der Waals surface area contributed by atoms with Crippen LogP contribution in [0.25, 0.3) is 61.9 Å². The van der Waals surface area contributed by atoms with Crippen LogP contribution in [0.2, 0.25) is 0 Å². The van der Waals surface area contributed by atoms with E-state index in [-0.39, 0.29) is 10.8 Å². The summed E-state index contributed by atoms with van der Waals surface area (Å²) >= 11 is 0. The van der Waals surface area contributed by atoms with E-state index in [2.05, 4.69) is 113 Å². The van der Waals surface area contributed by atoms with E-state index in [9.17, 15) is 13.2 Å². The number of rotatable bonds is 5. The monoisotopic (exact) mass is 844 g/mol. The van der Waals surface area contributed by atoms with Gasteiger partial charge in [0, 0.05) is 44.2 Å². The topological polar surface area (TPSA) is 35.0 Å². The third-order valence-corrected chi connectivity index (χ3v) is 13.7. The van der Waals surface area contributed by atoms with Crippen molar-refractivity contribution in [2.24, 2.45) is 10.8 Å². The van der Waals surface area contributed by atoms with Gasteiger partial charge in [-0.25, -0.2) is 9.97 Å². The molecule has 6 heteroatoms. The zero-order valence-electron chi connectivity index (χ0n) is 36.3. The molecule has 0 amide bonds. The van der Waals surface area contributed by atoms with E-state index in [1.54, 1.807) is 6.07 Å². The summed E-state index contributed by atoms with van der Waals surface area (Å²) in [5.74, 6) is 1.35. The third kappa shape index (κ3) is 6.48. The van der Waals surface area contributed by atoms with E-state index < -0.39 is 22.8 Å². The maximum Gasteiger partial charge on any atom is 0.416 e. The first-order valence-corrected chi connectivity index (χ1v) is 22.1. The number of fused-ring (bicyclic) bond motifs is 10. The highest BCUT2D eigenvalue weighted by Gasteiger charge is 2.56. The fourth-order valence-electron chi connectivity index (χ4n) is 11.9. The molecule has 1 spiro atoms. The molecule has 0 bridgehead atoms. The van der Waals surface area contributed by atoms with Gasteiger partial charge in [-0.1, -0.05) is 179 Å². The predicted octanol–water partition coefficient (Wildman–Crippen LogP) is 15.5. The van der Waals surface area contributed by atoms with Crippen molar-refractivity contribution in [3.8, 4) is 50.8 Å². The third-order valence-electron chi connectivity index (χ3n) is 13.7. The van der Waals surface area contributed by atoms with Gasteiger partial charge in [0.25, 0.3) is 0 Å². The van der Waals surface area contributed by atoms with Crippen LogP contribution in [0.3, 0.4) is 0 Å². The summed E-state index contributed by atoms with van der Waals surface area (Å²) in [7, 11) is 0. The predicted molar refractivity (Wildman–Crippen MR) is 252 cm³/mol. The normalized spacial score (nSPS) is 18.9. The smallest absolute Gasteiger partial charge is 0.416 e. The van der Waals surface area contributed by atoms with Crippen molar-refractivity contribution in [3.63, 3.8) is 0 Å². The number of benzene rings is 7. The lowest BCUT2D eigenvalue weighted by atomic mass is 9.52. The van der Waals surface area contributed by atoms with Crippen molar-refractivity contribution in [2.75, 3.05) is 0 Å². The molecule has 0 radical (unpaired) electrons. The number of alkyl halides is 3. The molecule has 1 aliphatic heterocycles. The van der Waals surface area contributed by atoms with Gasteiger partial charge in [0.05, 0.1) is 17.0 Å². The fraction of sp³-hybridized carbons (Fsp3) is 0.207. The van der Waals surface area contributed by atoms with E-state index in [1.165, 1.54) is 12.1 Å². The van der Waals surface area contributed by atoms with Crippen LogP contribution in [0.15, 0.2) is 170 Å². The van der Waals surface area contributed by atoms with Crippen LogP contribution in [0, 0.1) is 10.8 Å². The van der Waals surface area contributed by atoms with Crippen molar-refractivity contribution in [3.05, 3.63) is 203 Å². The molecule has 316 valence electrons. The van der Waals surface area contributed by atoms with Crippen molar-refractivity contribution in [1.29, 1.82) is 0 Å². The van der Waals surface area contributed by atoms with Gasteiger partial charge in [0.2, 0.25) is 0 Å². The molecule has 3 nitrogen and oxygen atoms in total. The molecule has 1 aromatic heterocycles. The standard InChI is InChI=1S/C58H47F3N2O/c1-54(2)34-55(3,4)36-56(35-54)47-32-42(58(59,60)61)28-29-45(47)50-43-22-14-15-23-44(43)52-46(51(50)56)30-31-57(64-52,40-20-12-7-13-21-40)41-26-24-39(25-27-41)53-62-48(37-16-8-5-9-17-37)33-49(63-53)38-18-10-6-11-19-38/h5-33H,34-36H2,1-4H3. The minimum atomic E-state index is -4.47. The molecular weight excluding hydrogens is 798 g/mol. The van der Waals surface area contributed by atoms with Crippen molar-refractivity contribution >= 4 is 16.8 Å². The highest BCUT2D eigenvalue weighted by molar-refractivity contribution is 6.08. The Morgan fingerprint density at radius 2 is 1.09 bits per heavy atom. The molecule has 11 rings (SSSR count). The van der Waals surface area contributed by atoms with E-state index in [0.29, 0.717) is 18.7 Å². The zero-order valence-corrected chi connectivity index (χ0v) is 36.3. The van der Waals surface area contributed by atoms with Gasteiger partial charge in [-0.15, -0.1) is 0 Å². The minimum absolute atomic E-state index is 0.144. The maximum absolute atomic E-state index is 14.6. The molecule has 64 heavy (non-hydrogen) atoms. The van der Waals surface area contributed by atoms with Crippen LogP contribution < -0.4 is 4.74 Å². The number of aromatic nitrogens is 2. The Hall–Kier alpha value is -6.79. The number of halogens is 3. The first-order valence-electron chi connectivity index (χ1n) is 22.1. The van der Waals surface area contributed by atoms with Crippen LogP contribution in [0.4, 0.5) is 13.2 Å². The van der Waals surface area contributed by atoms with E-state index >= 15 is 0 Å². The molecule has 2 heterocycles. The Morgan fingerprint density at radius 3 is 1.69 bits per heavy atom. The van der Waals surface area contributed by atoms with Gasteiger partial charge in [0.15, 0.2) is 11.4 Å². The molecule has 1 unspecified atom stereocenters. The summed E-state index contributed by atoms with van der Waals surface area (Å²) in [5.41, 5.74) is 8.50. The lowest BCUT2D eigenvalue weighted by molar-refractivity contribution is -0.137. The fourth-order valence-corrected chi connectivity index (χ4v) is 11.9. The molecule has 1 atom stereocenters. The lowest BCUT2D eigenvalue weighted by Crippen LogP contribution is -2.44. The highest BCUT2D eigenvalue weighted by atomic mass is 19.4. The Labute approximate surface area is 372 Å². The molecule has 2 aliphatic carbocycles. The lowest BCUT2D eigenvalue weighted by Gasteiger charge is -2.52. The minimum Gasteiger partial charge on any atom is -0.472 e. The second-order valence-corrected chi connectivity index (χ2v) is 19.5. The van der Waals surface area contributed by atoms with Crippen LogP contribution >= 0.6 is 0 Å². The molecular formula is C58H47F3N2O. The first-order chi connectivity index (χ1) is 30.7. The van der Waals surface area contributed by atoms with Crippen molar-refractivity contribution in [1.82, 2.24) is 9.97 Å². The van der Waals surface area contributed by atoms with Crippen LogP contribution in [-0.4, -0.2) is 9.97 Å². The number of hydrogen-bond donors (Lipinski definition) is 0. The van der Waals surface area contributed by atoms with Crippen LogP contribution in [0.1, 0.15) is 80.3 Å². The summed E-state index contributed by atoms with van der Waals surface area (Å²) < 4.78 is 51.6. The average Bonchev–Trinajstić information content (AvgIpc) is 3.56. The quantitative estimate of drug-likeness (QED) is 0.173. The van der Waals surface area contributed by atoms with Gasteiger partial charge in [-0.3, -0.25) is 0 Å². The Morgan fingerprint density at radius 1 is 0.547 bits per heavy atom. The maximum atomic E-state index is 14.6. The summed E-state index contributed by atoms with van der Waals surface area (Å²) in [6.07, 6.45) is 2.29. The van der Waals surface area contributed by atoms with E-state index in [1.807, 2.05) is 72.8 Å². The number of hydrogen-bond acceptors (Lipinski definition) is 3. The number of ether oxygens (including phenoxy) is 1. The Balaban J connectivity index is 1.10. The molecule has 8 aromatic rings. The Bertz CT molecular complexity index is 3060. The largest absolute Gasteiger partial charge is 0.472 e. The van der Waals surface area contributed by atoms with Gasteiger partial charge < -0.3 is 4.74 Å². The Kier molecular flexibility index (Phi) is 8.98. The summed E-state index contributed by atoms with van der Waals surface area (Å²) in [6, 6.07) is 53.7. The molecule has 0 saturated heterocycles. The van der Waals surface area contributed by atoms with E-state index in [4.69, 9.17) is 14.7 Å². The van der Waals surface area contributed by atoms with Crippen molar-refractivity contribution in [2.45, 2.75) is 64.1 Å². The zero-order chi connectivity index (χ0) is 44.1. The summed E-state index contributed by atoms with van der Waals surface area (Å²) in [5, 5.41) is 1.90. The van der Waals surface area contributed by atoms with Gasteiger partial charge in [-0.2, -0.15) is 13.2 Å². The van der Waals surface area contributed by atoms with Gasteiger partial charge >= 0.3 is 6.18 Å². The van der Waals surface area contributed by atoms with Crippen LogP contribution in [-0.2, 0) is 17.2 Å². The summed E-state index contributed by atoms with van der Waals surface area (Å²) in [4.78, 5) is 10.2. The second kappa shape index (κ2) is 14.4.